The number of piperidine rings is 1. The molecule has 2 atom stereocenters. The van der Waals surface area contributed by atoms with Crippen LogP contribution in [0.15, 0.2) is 18.2 Å². The fourth-order valence-electron chi connectivity index (χ4n) is 2.32. The quantitative estimate of drug-likeness (QED) is 0.893. The lowest BCUT2D eigenvalue weighted by Gasteiger charge is -2.27. The molecule has 2 heterocycles. The van der Waals surface area contributed by atoms with Crippen LogP contribution in [0, 0.1) is 0 Å². The van der Waals surface area contributed by atoms with Crippen LogP contribution in [0.4, 0.5) is 4.39 Å². The van der Waals surface area contributed by atoms with Gasteiger partial charge in [-0.05, 0) is 24.6 Å². The zero-order valence-electron chi connectivity index (χ0n) is 11.6. The number of alkyl halides is 1. The normalized spacial score (nSPS) is 24.8. The molecule has 106 valence electrons. The second kappa shape index (κ2) is 6.75. The molecule has 0 bridgehead atoms. The highest BCUT2D eigenvalue weighted by molar-refractivity contribution is 5.42. The van der Waals surface area contributed by atoms with Crippen LogP contribution in [0.25, 0.3) is 0 Å². The van der Waals surface area contributed by atoms with E-state index in [4.69, 9.17) is 9.47 Å². The zero-order chi connectivity index (χ0) is 13.7. The SMILES string of the molecule is CC.FC1CNCCC1Oc1ccc2c(c1)OCC2. The van der Waals surface area contributed by atoms with Crippen molar-refractivity contribution < 1.29 is 13.9 Å². The monoisotopic (exact) mass is 267 g/mol. The minimum atomic E-state index is -0.932. The standard InChI is InChI=1S/C13H16FNO2.C2H6/c14-11-8-15-5-3-12(11)17-10-2-1-9-4-6-16-13(9)7-10;1-2/h1-2,7,11-12,15H,3-6,8H2;1-2H3. The van der Waals surface area contributed by atoms with Gasteiger partial charge in [0.05, 0.1) is 6.61 Å². The molecule has 3 nitrogen and oxygen atoms in total. The van der Waals surface area contributed by atoms with Crippen molar-refractivity contribution in [3.8, 4) is 11.5 Å². The van der Waals surface area contributed by atoms with Crippen molar-refractivity contribution in [1.82, 2.24) is 5.32 Å². The van der Waals surface area contributed by atoms with E-state index in [0.717, 1.165) is 25.3 Å². The van der Waals surface area contributed by atoms with Gasteiger partial charge in [0.15, 0.2) is 0 Å². The molecule has 4 heteroatoms. The first-order chi connectivity index (χ1) is 9.33. The number of hydrogen-bond donors (Lipinski definition) is 1. The third kappa shape index (κ3) is 3.38. The summed E-state index contributed by atoms with van der Waals surface area (Å²) in [5.74, 6) is 1.59. The van der Waals surface area contributed by atoms with E-state index in [2.05, 4.69) is 5.32 Å². The molecule has 2 aliphatic rings. The Morgan fingerprint density at radius 3 is 3.00 bits per heavy atom. The molecule has 0 aliphatic carbocycles. The van der Waals surface area contributed by atoms with Gasteiger partial charge in [-0.3, -0.25) is 0 Å². The molecule has 1 N–H and O–H groups in total. The minimum absolute atomic E-state index is 0.337. The second-order valence-corrected chi connectivity index (χ2v) is 4.53. The molecule has 0 saturated carbocycles. The summed E-state index contributed by atoms with van der Waals surface area (Å²) in [6.45, 7) is 5.93. The van der Waals surface area contributed by atoms with E-state index in [1.807, 2.05) is 32.0 Å². The Bertz CT molecular complexity index is 411. The largest absolute Gasteiger partial charge is 0.493 e. The smallest absolute Gasteiger partial charge is 0.149 e. The molecule has 1 aromatic rings. The number of halogens is 1. The third-order valence-electron chi connectivity index (χ3n) is 3.30. The Morgan fingerprint density at radius 1 is 1.37 bits per heavy atom. The first kappa shape index (κ1) is 14.1. The van der Waals surface area contributed by atoms with Crippen LogP contribution in [-0.2, 0) is 6.42 Å². The molecule has 0 radical (unpaired) electrons. The van der Waals surface area contributed by atoms with Crippen LogP contribution in [0.1, 0.15) is 25.8 Å². The Hall–Kier alpha value is -1.29. The van der Waals surface area contributed by atoms with Crippen LogP contribution < -0.4 is 14.8 Å². The maximum absolute atomic E-state index is 13.6. The summed E-state index contributed by atoms with van der Waals surface area (Å²) in [6.07, 6.45) is 0.391. The summed E-state index contributed by atoms with van der Waals surface area (Å²) in [7, 11) is 0. The molecule has 0 spiro atoms. The zero-order valence-corrected chi connectivity index (χ0v) is 11.6. The second-order valence-electron chi connectivity index (χ2n) is 4.53. The van der Waals surface area contributed by atoms with Gasteiger partial charge >= 0.3 is 0 Å². The van der Waals surface area contributed by atoms with Gasteiger partial charge in [-0.1, -0.05) is 19.9 Å². The Kier molecular flexibility index (Phi) is 5.02. The first-order valence-corrected chi connectivity index (χ1v) is 7.10. The summed E-state index contributed by atoms with van der Waals surface area (Å²) in [5.41, 5.74) is 1.21. The van der Waals surface area contributed by atoms with Gasteiger partial charge in [0.1, 0.15) is 23.8 Å². The lowest BCUT2D eigenvalue weighted by Crippen LogP contribution is -2.44. The highest BCUT2D eigenvalue weighted by Crippen LogP contribution is 2.30. The van der Waals surface area contributed by atoms with Crippen LogP contribution in [0.5, 0.6) is 11.5 Å². The molecule has 2 aliphatic heterocycles. The van der Waals surface area contributed by atoms with Crippen LogP contribution >= 0.6 is 0 Å². The van der Waals surface area contributed by atoms with Gasteiger partial charge in [0.25, 0.3) is 0 Å². The molecular formula is C15H22FNO2. The lowest BCUT2D eigenvalue weighted by molar-refractivity contribution is 0.0730. The third-order valence-corrected chi connectivity index (χ3v) is 3.30. The molecule has 0 amide bonds. The van der Waals surface area contributed by atoms with E-state index >= 15 is 0 Å². The molecule has 3 rings (SSSR count). The average molecular weight is 267 g/mol. The van der Waals surface area contributed by atoms with Crippen LogP contribution in [0.3, 0.4) is 0 Å². The van der Waals surface area contributed by atoms with E-state index in [1.165, 1.54) is 5.56 Å². The van der Waals surface area contributed by atoms with Crippen molar-refractivity contribution in [1.29, 1.82) is 0 Å². The van der Waals surface area contributed by atoms with Gasteiger partial charge in [-0.15, -0.1) is 0 Å². The molecule has 19 heavy (non-hydrogen) atoms. The molecule has 0 aromatic heterocycles. The summed E-state index contributed by atoms with van der Waals surface area (Å²) in [5, 5.41) is 3.01. The van der Waals surface area contributed by atoms with Crippen molar-refractivity contribution in [2.45, 2.75) is 39.0 Å². The van der Waals surface area contributed by atoms with Gasteiger partial charge in [0.2, 0.25) is 0 Å². The predicted molar refractivity (Wildman–Crippen MR) is 73.8 cm³/mol. The van der Waals surface area contributed by atoms with Gasteiger partial charge in [-0.25, -0.2) is 4.39 Å². The Balaban J connectivity index is 0.000000637. The fraction of sp³-hybridized carbons (Fsp3) is 0.600. The number of ether oxygens (including phenoxy) is 2. The number of benzene rings is 1. The topological polar surface area (TPSA) is 30.5 Å². The first-order valence-electron chi connectivity index (χ1n) is 7.10. The van der Waals surface area contributed by atoms with E-state index in [9.17, 15) is 4.39 Å². The van der Waals surface area contributed by atoms with Crippen molar-refractivity contribution in [2.24, 2.45) is 0 Å². The summed E-state index contributed by atoms with van der Waals surface area (Å²) < 4.78 is 24.8. The summed E-state index contributed by atoms with van der Waals surface area (Å²) in [6, 6.07) is 5.78. The van der Waals surface area contributed by atoms with E-state index < -0.39 is 6.17 Å². The number of fused-ring (bicyclic) bond motifs is 1. The molecule has 1 fully saturated rings. The van der Waals surface area contributed by atoms with Crippen molar-refractivity contribution in [2.75, 3.05) is 19.7 Å². The van der Waals surface area contributed by atoms with Crippen molar-refractivity contribution in [3.63, 3.8) is 0 Å². The fourth-order valence-corrected chi connectivity index (χ4v) is 2.32. The van der Waals surface area contributed by atoms with E-state index in [0.29, 0.717) is 18.7 Å². The predicted octanol–water partition coefficient (Wildman–Crippen LogP) is 2.73. The highest BCUT2D eigenvalue weighted by atomic mass is 19.1. The van der Waals surface area contributed by atoms with Gasteiger partial charge in [0, 0.05) is 19.0 Å². The van der Waals surface area contributed by atoms with Gasteiger partial charge in [-0.2, -0.15) is 0 Å². The Labute approximate surface area is 114 Å². The highest BCUT2D eigenvalue weighted by Gasteiger charge is 2.26. The molecule has 1 saturated heterocycles. The number of rotatable bonds is 2. The summed E-state index contributed by atoms with van der Waals surface area (Å²) in [4.78, 5) is 0. The van der Waals surface area contributed by atoms with Crippen molar-refractivity contribution in [3.05, 3.63) is 23.8 Å². The maximum Gasteiger partial charge on any atom is 0.149 e. The molecule has 1 aromatic carbocycles. The van der Waals surface area contributed by atoms with Crippen molar-refractivity contribution >= 4 is 0 Å². The van der Waals surface area contributed by atoms with Gasteiger partial charge < -0.3 is 14.8 Å². The minimum Gasteiger partial charge on any atom is -0.493 e. The average Bonchev–Trinajstić information content (AvgIpc) is 2.91. The summed E-state index contributed by atoms with van der Waals surface area (Å²) >= 11 is 0. The molecule has 2 unspecified atom stereocenters. The van der Waals surface area contributed by atoms with E-state index in [1.54, 1.807) is 0 Å². The Morgan fingerprint density at radius 2 is 2.21 bits per heavy atom. The number of hydrogen-bond acceptors (Lipinski definition) is 3. The number of nitrogens with one attached hydrogen (secondary N) is 1. The lowest BCUT2D eigenvalue weighted by atomic mass is 10.1. The van der Waals surface area contributed by atoms with Crippen LogP contribution in [-0.4, -0.2) is 32.0 Å². The van der Waals surface area contributed by atoms with E-state index in [-0.39, 0.29) is 6.10 Å². The molecular weight excluding hydrogens is 245 g/mol. The maximum atomic E-state index is 13.6. The van der Waals surface area contributed by atoms with Crippen LogP contribution in [0.2, 0.25) is 0 Å².